The molecule has 140 valence electrons. The molecule has 1 amide bonds. The number of fused-ring (bicyclic) bond motifs is 1. The van der Waals surface area contributed by atoms with Crippen LogP contribution >= 0.6 is 0 Å². The fourth-order valence-electron chi connectivity index (χ4n) is 4.37. The summed E-state index contributed by atoms with van der Waals surface area (Å²) in [6, 6.07) is 9.75. The van der Waals surface area contributed by atoms with Gasteiger partial charge < -0.3 is 16.0 Å². The molecule has 1 aliphatic rings. The molecule has 4 N–H and O–H groups in total. The number of nitrogens with two attached hydrogens (primary N) is 1. The molecule has 4 rings (SSSR count). The lowest BCUT2D eigenvalue weighted by Crippen LogP contribution is -2.15. The Morgan fingerprint density at radius 3 is 3.04 bits per heavy atom. The minimum absolute atomic E-state index is 0.0434. The van der Waals surface area contributed by atoms with Crippen LogP contribution in [0.15, 0.2) is 42.7 Å². The zero-order chi connectivity index (χ0) is 18.8. The maximum atomic E-state index is 12.3. The number of amides is 1. The number of aromatic amines is 1. The minimum Gasteiger partial charge on any atom is -0.398 e. The summed E-state index contributed by atoms with van der Waals surface area (Å²) >= 11 is 0. The number of benzene rings is 1. The summed E-state index contributed by atoms with van der Waals surface area (Å²) < 4.78 is 0. The summed E-state index contributed by atoms with van der Waals surface area (Å²) in [5, 5.41) is 4.16. The molecule has 2 atom stereocenters. The molecule has 1 fully saturated rings. The van der Waals surface area contributed by atoms with Crippen molar-refractivity contribution in [3.8, 4) is 0 Å². The third-order valence-electron chi connectivity index (χ3n) is 5.83. The topological polar surface area (TPSA) is 83.8 Å². The number of carbonyl (C=O) groups is 1. The minimum atomic E-state index is 0.0434. The number of H-pyrrole nitrogens is 1. The summed E-state index contributed by atoms with van der Waals surface area (Å²) in [5.41, 5.74) is 10.5. The van der Waals surface area contributed by atoms with Gasteiger partial charge >= 0.3 is 0 Å². The molecular formula is C22H26N4O. The van der Waals surface area contributed by atoms with Crippen LogP contribution in [0.4, 0.5) is 11.5 Å². The van der Waals surface area contributed by atoms with E-state index >= 15 is 0 Å². The van der Waals surface area contributed by atoms with Gasteiger partial charge in [0.1, 0.15) is 5.82 Å². The van der Waals surface area contributed by atoms with Crippen molar-refractivity contribution in [2.24, 2.45) is 5.92 Å². The SMILES string of the molecule is Cc1cc2c(C3CCCC3CCC(=O)Nc3ccccn3)c[nH]c2cc1N. The molecule has 1 aliphatic carbocycles. The lowest BCUT2D eigenvalue weighted by molar-refractivity contribution is -0.116. The normalized spacial score (nSPS) is 19.4. The molecule has 2 unspecified atom stereocenters. The number of nitrogens with zero attached hydrogens (tertiary/aromatic N) is 1. The Kier molecular flexibility index (Phi) is 4.84. The van der Waals surface area contributed by atoms with Gasteiger partial charge in [-0.15, -0.1) is 0 Å². The van der Waals surface area contributed by atoms with Crippen LogP contribution in [0.25, 0.3) is 10.9 Å². The average Bonchev–Trinajstić information content (AvgIpc) is 3.27. The van der Waals surface area contributed by atoms with E-state index in [2.05, 4.69) is 34.5 Å². The molecule has 3 aromatic rings. The second-order valence-corrected chi connectivity index (χ2v) is 7.60. The highest BCUT2D eigenvalue weighted by atomic mass is 16.1. The molecule has 1 aromatic carbocycles. The zero-order valence-corrected chi connectivity index (χ0v) is 15.7. The van der Waals surface area contributed by atoms with Gasteiger partial charge in [-0.3, -0.25) is 4.79 Å². The number of anilines is 2. The molecule has 27 heavy (non-hydrogen) atoms. The average molecular weight is 362 g/mol. The first-order chi connectivity index (χ1) is 13.1. The van der Waals surface area contributed by atoms with E-state index in [4.69, 9.17) is 5.73 Å². The highest BCUT2D eigenvalue weighted by Gasteiger charge is 2.30. The maximum Gasteiger partial charge on any atom is 0.225 e. The lowest BCUT2D eigenvalue weighted by atomic mass is 9.85. The van der Waals surface area contributed by atoms with Crippen LogP contribution in [0.1, 0.15) is 49.1 Å². The maximum absolute atomic E-state index is 12.3. The van der Waals surface area contributed by atoms with E-state index in [-0.39, 0.29) is 5.91 Å². The molecule has 1 saturated carbocycles. The highest BCUT2D eigenvalue weighted by Crippen LogP contribution is 2.44. The molecule has 0 aliphatic heterocycles. The molecule has 0 spiro atoms. The van der Waals surface area contributed by atoms with Crippen molar-refractivity contribution in [1.82, 2.24) is 9.97 Å². The number of hydrogen-bond acceptors (Lipinski definition) is 3. The Balaban J connectivity index is 1.45. The summed E-state index contributed by atoms with van der Waals surface area (Å²) in [7, 11) is 0. The van der Waals surface area contributed by atoms with Crippen molar-refractivity contribution >= 4 is 28.3 Å². The highest BCUT2D eigenvalue weighted by molar-refractivity contribution is 5.90. The van der Waals surface area contributed by atoms with E-state index in [0.717, 1.165) is 23.2 Å². The first-order valence-corrected chi connectivity index (χ1v) is 9.70. The number of hydrogen-bond donors (Lipinski definition) is 3. The van der Waals surface area contributed by atoms with Gasteiger partial charge in [0.2, 0.25) is 5.91 Å². The molecule has 2 aromatic heterocycles. The van der Waals surface area contributed by atoms with Crippen LogP contribution in [-0.4, -0.2) is 15.9 Å². The number of carbonyl (C=O) groups excluding carboxylic acids is 1. The van der Waals surface area contributed by atoms with E-state index in [1.54, 1.807) is 6.20 Å². The number of nitrogens with one attached hydrogen (secondary N) is 2. The molecule has 0 saturated heterocycles. The van der Waals surface area contributed by atoms with Crippen LogP contribution in [-0.2, 0) is 4.79 Å². The largest absolute Gasteiger partial charge is 0.398 e. The smallest absolute Gasteiger partial charge is 0.225 e. The Bertz CT molecular complexity index is 948. The van der Waals surface area contributed by atoms with E-state index in [0.29, 0.717) is 24.1 Å². The first kappa shape index (κ1) is 17.6. The molecule has 5 heteroatoms. The van der Waals surface area contributed by atoms with Crippen molar-refractivity contribution in [3.05, 3.63) is 53.9 Å². The Labute approximate surface area is 159 Å². The van der Waals surface area contributed by atoms with E-state index < -0.39 is 0 Å². The lowest BCUT2D eigenvalue weighted by Gasteiger charge is -2.19. The number of aryl methyl sites for hydroxylation is 1. The molecule has 0 radical (unpaired) electrons. The van der Waals surface area contributed by atoms with E-state index in [1.807, 2.05) is 24.3 Å². The van der Waals surface area contributed by atoms with Gasteiger partial charge in [0.05, 0.1) is 0 Å². The number of nitrogen functional groups attached to an aromatic ring is 1. The van der Waals surface area contributed by atoms with Crippen LogP contribution in [0.3, 0.4) is 0 Å². The van der Waals surface area contributed by atoms with Crippen molar-refractivity contribution in [2.75, 3.05) is 11.1 Å². The summed E-state index contributed by atoms with van der Waals surface area (Å²) in [4.78, 5) is 19.8. The quantitative estimate of drug-likeness (QED) is 0.572. The fraction of sp³-hybridized carbons (Fsp3) is 0.364. The molecule has 5 nitrogen and oxygen atoms in total. The van der Waals surface area contributed by atoms with Crippen LogP contribution in [0.5, 0.6) is 0 Å². The van der Waals surface area contributed by atoms with Gasteiger partial charge in [-0.05, 0) is 73.4 Å². The fourth-order valence-corrected chi connectivity index (χ4v) is 4.37. The van der Waals surface area contributed by atoms with Crippen LogP contribution < -0.4 is 11.1 Å². The van der Waals surface area contributed by atoms with Gasteiger partial charge in [0.15, 0.2) is 0 Å². The molecule has 0 bridgehead atoms. The van der Waals surface area contributed by atoms with Gasteiger partial charge in [-0.25, -0.2) is 4.98 Å². The zero-order valence-electron chi connectivity index (χ0n) is 15.7. The Morgan fingerprint density at radius 1 is 1.33 bits per heavy atom. The van der Waals surface area contributed by atoms with Gasteiger partial charge in [-0.2, -0.15) is 0 Å². The van der Waals surface area contributed by atoms with Crippen molar-refractivity contribution in [1.29, 1.82) is 0 Å². The summed E-state index contributed by atoms with van der Waals surface area (Å²) in [6.45, 7) is 2.06. The van der Waals surface area contributed by atoms with Gasteiger partial charge in [0.25, 0.3) is 0 Å². The summed E-state index contributed by atoms with van der Waals surface area (Å²) in [6.07, 6.45) is 8.85. The van der Waals surface area contributed by atoms with Crippen molar-refractivity contribution in [3.63, 3.8) is 0 Å². The monoisotopic (exact) mass is 362 g/mol. The van der Waals surface area contributed by atoms with Crippen LogP contribution in [0.2, 0.25) is 0 Å². The van der Waals surface area contributed by atoms with Crippen LogP contribution in [0, 0.1) is 12.8 Å². The number of rotatable bonds is 5. The third-order valence-corrected chi connectivity index (χ3v) is 5.83. The number of pyridine rings is 1. The summed E-state index contributed by atoms with van der Waals surface area (Å²) in [5.74, 6) is 1.71. The Hall–Kier alpha value is -2.82. The van der Waals surface area contributed by atoms with Gasteiger partial charge in [0, 0.05) is 35.4 Å². The second kappa shape index (κ2) is 7.43. The molecule has 2 heterocycles. The third kappa shape index (κ3) is 3.68. The van der Waals surface area contributed by atoms with Crippen molar-refractivity contribution < 1.29 is 4.79 Å². The predicted molar refractivity (Wildman–Crippen MR) is 110 cm³/mol. The predicted octanol–water partition coefficient (Wildman–Crippen LogP) is 4.76. The second-order valence-electron chi connectivity index (χ2n) is 7.60. The standard InChI is InChI=1S/C22H26N4O/c1-14-11-17-18(13-25-20(17)12-19(14)23)16-6-4-5-15(16)8-9-22(27)26-21-7-2-3-10-24-21/h2-3,7,10-13,15-16,25H,4-6,8-9,23H2,1H3,(H,24,26,27). The van der Waals surface area contributed by atoms with E-state index in [1.165, 1.54) is 30.2 Å². The van der Waals surface area contributed by atoms with Gasteiger partial charge in [-0.1, -0.05) is 12.5 Å². The first-order valence-electron chi connectivity index (χ1n) is 9.70. The number of aromatic nitrogens is 2. The van der Waals surface area contributed by atoms with Crippen molar-refractivity contribution in [2.45, 2.75) is 44.9 Å². The Morgan fingerprint density at radius 2 is 2.22 bits per heavy atom. The van der Waals surface area contributed by atoms with E-state index in [9.17, 15) is 4.79 Å². The molecular weight excluding hydrogens is 336 g/mol.